The zero-order chi connectivity index (χ0) is 14.7. The van der Waals surface area contributed by atoms with Gasteiger partial charge in [0.15, 0.2) is 0 Å². The van der Waals surface area contributed by atoms with Crippen molar-refractivity contribution in [2.45, 2.75) is 39.7 Å². The van der Waals surface area contributed by atoms with Crippen LogP contribution in [0.5, 0.6) is 0 Å². The van der Waals surface area contributed by atoms with Gasteiger partial charge in [0, 0.05) is 18.7 Å². The van der Waals surface area contributed by atoms with E-state index in [0.29, 0.717) is 23.8 Å². The van der Waals surface area contributed by atoms with Crippen molar-refractivity contribution in [2.75, 3.05) is 19.8 Å². The highest BCUT2D eigenvalue weighted by Crippen LogP contribution is 2.28. The Morgan fingerprint density at radius 2 is 2.10 bits per heavy atom. The molecule has 1 aromatic heterocycles. The van der Waals surface area contributed by atoms with Crippen LogP contribution < -0.4 is 5.32 Å². The van der Waals surface area contributed by atoms with Gasteiger partial charge in [-0.1, -0.05) is 0 Å². The fraction of sp³-hybridized carbons (Fsp3) is 0.667. The lowest BCUT2D eigenvalue weighted by molar-refractivity contribution is 0.0320. The molecule has 1 fully saturated rings. The van der Waals surface area contributed by atoms with Crippen molar-refractivity contribution >= 4 is 5.91 Å². The molecule has 2 rings (SSSR count). The number of carbonyl (C=O) groups is 1. The Hall–Kier alpha value is -1.33. The number of ether oxygens (including phenoxy) is 1. The van der Waals surface area contributed by atoms with Gasteiger partial charge in [-0.2, -0.15) is 0 Å². The topological polar surface area (TPSA) is 71.7 Å². The molecule has 1 heterocycles. The number of furan rings is 1. The van der Waals surface area contributed by atoms with E-state index >= 15 is 0 Å². The summed E-state index contributed by atoms with van der Waals surface area (Å²) in [5.41, 5.74) is 1.41. The number of rotatable bonds is 7. The summed E-state index contributed by atoms with van der Waals surface area (Å²) >= 11 is 0. The Balaban J connectivity index is 1.75. The molecular formula is C15H23NO4. The maximum Gasteiger partial charge on any atom is 0.255 e. The predicted octanol–water partition coefficient (Wildman–Crippen LogP) is 1.72. The van der Waals surface area contributed by atoms with Crippen molar-refractivity contribution in [1.82, 2.24) is 5.32 Å². The molecule has 2 N–H and O–H groups in total. The van der Waals surface area contributed by atoms with Crippen LogP contribution in [-0.2, 0) is 4.74 Å². The third-order valence-electron chi connectivity index (χ3n) is 3.65. The van der Waals surface area contributed by atoms with Crippen molar-refractivity contribution in [3.63, 3.8) is 0 Å². The van der Waals surface area contributed by atoms with Crippen LogP contribution in [0.15, 0.2) is 4.42 Å². The average Bonchev–Trinajstić information content (AvgIpc) is 3.16. The van der Waals surface area contributed by atoms with Gasteiger partial charge in [-0.05, 0) is 39.5 Å². The zero-order valence-corrected chi connectivity index (χ0v) is 12.4. The molecule has 0 bridgehead atoms. The minimum absolute atomic E-state index is 0.187. The fourth-order valence-electron chi connectivity index (χ4n) is 2.14. The monoisotopic (exact) mass is 281 g/mol. The van der Waals surface area contributed by atoms with E-state index in [9.17, 15) is 9.90 Å². The van der Waals surface area contributed by atoms with Crippen LogP contribution in [-0.4, -0.2) is 36.9 Å². The Kier molecular flexibility index (Phi) is 4.83. The summed E-state index contributed by atoms with van der Waals surface area (Å²) < 4.78 is 10.8. The van der Waals surface area contributed by atoms with Gasteiger partial charge in [0.1, 0.15) is 11.5 Å². The van der Waals surface area contributed by atoms with E-state index in [4.69, 9.17) is 9.15 Å². The van der Waals surface area contributed by atoms with E-state index in [2.05, 4.69) is 5.32 Å². The molecule has 20 heavy (non-hydrogen) atoms. The van der Waals surface area contributed by atoms with Crippen molar-refractivity contribution in [1.29, 1.82) is 0 Å². The minimum Gasteiger partial charge on any atom is -0.466 e. The van der Waals surface area contributed by atoms with Gasteiger partial charge >= 0.3 is 0 Å². The lowest BCUT2D eigenvalue weighted by Gasteiger charge is -2.12. The molecule has 0 spiro atoms. The number of hydrogen-bond donors (Lipinski definition) is 2. The first-order valence-electron chi connectivity index (χ1n) is 7.09. The standard InChI is InChI=1S/C15H23NO4/c1-9-10(2)20-11(3)14(9)15(18)16-6-13(17)8-19-7-12-4-5-12/h12-13,17H,4-8H2,1-3H3,(H,16,18). The Morgan fingerprint density at radius 3 is 2.65 bits per heavy atom. The van der Waals surface area contributed by atoms with Crippen LogP contribution in [0.3, 0.4) is 0 Å². The third kappa shape index (κ3) is 3.84. The second-order valence-electron chi connectivity index (χ2n) is 5.56. The molecule has 1 unspecified atom stereocenters. The second-order valence-corrected chi connectivity index (χ2v) is 5.56. The van der Waals surface area contributed by atoms with Crippen molar-refractivity contribution in [3.05, 3.63) is 22.6 Å². The molecule has 5 nitrogen and oxygen atoms in total. The molecule has 112 valence electrons. The first-order valence-corrected chi connectivity index (χ1v) is 7.09. The number of aliphatic hydroxyl groups excluding tert-OH is 1. The second kappa shape index (κ2) is 6.41. The van der Waals surface area contributed by atoms with Gasteiger partial charge in [-0.15, -0.1) is 0 Å². The molecule has 5 heteroatoms. The number of amides is 1. The van der Waals surface area contributed by atoms with Crippen LogP contribution in [0.25, 0.3) is 0 Å². The summed E-state index contributed by atoms with van der Waals surface area (Å²) in [5, 5.41) is 12.5. The van der Waals surface area contributed by atoms with Gasteiger partial charge in [0.05, 0.1) is 18.3 Å². The average molecular weight is 281 g/mol. The SMILES string of the molecule is Cc1oc(C)c(C(=O)NCC(O)COCC2CC2)c1C. The Morgan fingerprint density at radius 1 is 1.40 bits per heavy atom. The maximum absolute atomic E-state index is 12.1. The van der Waals surface area contributed by atoms with E-state index in [0.717, 1.165) is 11.3 Å². The predicted molar refractivity (Wildman–Crippen MR) is 74.8 cm³/mol. The first-order chi connectivity index (χ1) is 9.49. The van der Waals surface area contributed by atoms with Crippen molar-refractivity contribution < 1.29 is 19.1 Å². The van der Waals surface area contributed by atoms with Gasteiger partial charge < -0.3 is 19.6 Å². The van der Waals surface area contributed by atoms with E-state index in [1.54, 1.807) is 6.92 Å². The molecule has 1 aliphatic rings. The minimum atomic E-state index is -0.675. The maximum atomic E-state index is 12.1. The number of aryl methyl sites for hydroxylation is 2. The quantitative estimate of drug-likeness (QED) is 0.798. The van der Waals surface area contributed by atoms with Crippen LogP contribution in [0.2, 0.25) is 0 Å². The van der Waals surface area contributed by atoms with Crippen LogP contribution in [0.1, 0.15) is 40.3 Å². The number of hydrogen-bond acceptors (Lipinski definition) is 4. The molecule has 0 aliphatic heterocycles. The molecule has 0 radical (unpaired) electrons. The van der Waals surface area contributed by atoms with Gasteiger partial charge in [0.2, 0.25) is 0 Å². The highest BCUT2D eigenvalue weighted by Gasteiger charge is 2.22. The van der Waals surface area contributed by atoms with Crippen LogP contribution >= 0.6 is 0 Å². The summed E-state index contributed by atoms with van der Waals surface area (Å²) in [4.78, 5) is 12.1. The van der Waals surface area contributed by atoms with Crippen molar-refractivity contribution in [2.24, 2.45) is 5.92 Å². The van der Waals surface area contributed by atoms with Crippen LogP contribution in [0, 0.1) is 26.7 Å². The summed E-state index contributed by atoms with van der Waals surface area (Å²) in [6, 6.07) is 0. The highest BCUT2D eigenvalue weighted by molar-refractivity contribution is 5.96. The first kappa shape index (κ1) is 15.1. The Bertz CT molecular complexity index is 476. The largest absolute Gasteiger partial charge is 0.466 e. The molecule has 1 amide bonds. The Labute approximate surface area is 119 Å². The molecular weight excluding hydrogens is 258 g/mol. The molecule has 1 saturated carbocycles. The molecule has 1 aliphatic carbocycles. The number of carbonyl (C=O) groups excluding carboxylic acids is 1. The van der Waals surface area contributed by atoms with E-state index in [-0.39, 0.29) is 19.1 Å². The van der Waals surface area contributed by atoms with Gasteiger partial charge in [-0.3, -0.25) is 4.79 Å². The van der Waals surface area contributed by atoms with Gasteiger partial charge in [-0.25, -0.2) is 0 Å². The summed E-state index contributed by atoms with van der Waals surface area (Å²) in [7, 11) is 0. The smallest absolute Gasteiger partial charge is 0.255 e. The molecule has 1 atom stereocenters. The lowest BCUT2D eigenvalue weighted by Crippen LogP contribution is -2.35. The summed E-state index contributed by atoms with van der Waals surface area (Å²) in [5.74, 6) is 1.83. The van der Waals surface area contributed by atoms with E-state index in [1.165, 1.54) is 12.8 Å². The highest BCUT2D eigenvalue weighted by atomic mass is 16.5. The number of nitrogens with one attached hydrogen (secondary N) is 1. The molecule has 0 aromatic carbocycles. The zero-order valence-electron chi connectivity index (χ0n) is 12.4. The van der Waals surface area contributed by atoms with Gasteiger partial charge in [0.25, 0.3) is 5.91 Å². The molecule has 0 saturated heterocycles. The number of aliphatic hydroxyl groups is 1. The summed E-state index contributed by atoms with van der Waals surface area (Å²) in [6.07, 6.45) is 1.78. The summed E-state index contributed by atoms with van der Waals surface area (Å²) in [6.45, 7) is 6.62. The van der Waals surface area contributed by atoms with E-state index in [1.807, 2.05) is 13.8 Å². The van der Waals surface area contributed by atoms with E-state index < -0.39 is 6.10 Å². The normalized spacial score (nSPS) is 16.2. The lowest BCUT2D eigenvalue weighted by atomic mass is 10.1. The molecule has 1 aromatic rings. The fourth-order valence-corrected chi connectivity index (χ4v) is 2.14. The third-order valence-corrected chi connectivity index (χ3v) is 3.65. The van der Waals surface area contributed by atoms with Crippen molar-refractivity contribution in [3.8, 4) is 0 Å². The van der Waals surface area contributed by atoms with Crippen LogP contribution in [0.4, 0.5) is 0 Å².